The first-order valence-corrected chi connectivity index (χ1v) is 7.85. The van der Waals surface area contributed by atoms with E-state index >= 15 is 0 Å². The molecule has 0 aliphatic heterocycles. The maximum atomic E-state index is 12.9. The highest BCUT2D eigenvalue weighted by Gasteiger charge is 2.19. The van der Waals surface area contributed by atoms with Gasteiger partial charge in [0, 0.05) is 25.0 Å². The first-order chi connectivity index (χ1) is 11.8. The summed E-state index contributed by atoms with van der Waals surface area (Å²) in [5.41, 5.74) is -0.855. The number of nitrogens with zero attached hydrogens (tertiary/aromatic N) is 1. The van der Waals surface area contributed by atoms with Crippen LogP contribution in [0.2, 0.25) is 0 Å². The van der Waals surface area contributed by atoms with Gasteiger partial charge in [-0.2, -0.15) is 0 Å². The minimum Gasteiger partial charge on any atom is -0.477 e. The monoisotopic (exact) mass is 346 g/mol. The van der Waals surface area contributed by atoms with Crippen molar-refractivity contribution in [1.82, 2.24) is 9.88 Å². The summed E-state index contributed by atoms with van der Waals surface area (Å²) in [5, 5.41) is 11.8. The van der Waals surface area contributed by atoms with Gasteiger partial charge in [-0.1, -0.05) is 19.1 Å². The van der Waals surface area contributed by atoms with E-state index < -0.39 is 22.9 Å². The van der Waals surface area contributed by atoms with E-state index in [4.69, 9.17) is 0 Å². The Hall–Kier alpha value is -2.96. The van der Waals surface area contributed by atoms with Crippen molar-refractivity contribution in [3.05, 3.63) is 69.4 Å². The van der Waals surface area contributed by atoms with E-state index in [-0.39, 0.29) is 24.0 Å². The minimum absolute atomic E-state index is 0.0673. The summed E-state index contributed by atoms with van der Waals surface area (Å²) in [7, 11) is 0. The Morgan fingerprint density at radius 3 is 2.36 bits per heavy atom. The van der Waals surface area contributed by atoms with E-state index in [2.05, 4.69) is 5.32 Å². The predicted octanol–water partition coefficient (Wildman–Crippen LogP) is 2.59. The molecule has 1 aromatic carbocycles. The molecule has 25 heavy (non-hydrogen) atoms. The number of halogens is 1. The molecular weight excluding hydrogens is 327 g/mol. The maximum Gasteiger partial charge on any atom is 0.341 e. The van der Waals surface area contributed by atoms with Crippen LogP contribution in [0.1, 0.15) is 52.6 Å². The normalized spacial score (nSPS) is 11.8. The van der Waals surface area contributed by atoms with Gasteiger partial charge in [-0.05, 0) is 31.0 Å². The van der Waals surface area contributed by atoms with Crippen LogP contribution in [-0.2, 0) is 6.54 Å². The van der Waals surface area contributed by atoms with Crippen LogP contribution in [0.3, 0.4) is 0 Å². The van der Waals surface area contributed by atoms with Crippen LogP contribution in [0.25, 0.3) is 0 Å². The molecule has 0 aliphatic rings. The Bertz CT molecular complexity index is 843. The molecule has 132 valence electrons. The number of rotatable bonds is 6. The lowest BCUT2D eigenvalue weighted by atomic mass is 10.1. The Kier molecular flexibility index (Phi) is 5.69. The van der Waals surface area contributed by atoms with Crippen LogP contribution in [0, 0.1) is 5.82 Å². The second-order valence-electron chi connectivity index (χ2n) is 5.73. The maximum absolute atomic E-state index is 12.9. The molecule has 1 heterocycles. The van der Waals surface area contributed by atoms with Crippen LogP contribution < -0.4 is 10.7 Å². The van der Waals surface area contributed by atoms with Crippen LogP contribution in [0.4, 0.5) is 4.39 Å². The Morgan fingerprint density at radius 2 is 1.80 bits per heavy atom. The molecule has 6 nitrogen and oxygen atoms in total. The third-order valence-corrected chi connectivity index (χ3v) is 3.99. The van der Waals surface area contributed by atoms with Crippen molar-refractivity contribution >= 4 is 11.9 Å². The molecule has 2 aromatic rings. The first kappa shape index (κ1) is 18.4. The lowest BCUT2D eigenvalue weighted by Crippen LogP contribution is -2.32. The van der Waals surface area contributed by atoms with Crippen molar-refractivity contribution in [2.24, 2.45) is 0 Å². The molecular formula is C18H19FN2O4. The largest absolute Gasteiger partial charge is 0.477 e. The van der Waals surface area contributed by atoms with E-state index in [1.165, 1.54) is 36.7 Å². The second-order valence-corrected chi connectivity index (χ2v) is 5.73. The molecule has 1 atom stereocenters. The van der Waals surface area contributed by atoms with E-state index in [9.17, 15) is 23.9 Å². The first-order valence-electron chi connectivity index (χ1n) is 7.85. The lowest BCUT2D eigenvalue weighted by Gasteiger charge is -2.16. The average Bonchev–Trinajstić information content (AvgIpc) is 2.60. The SMILES string of the molecule is CCC(C)n1cc(C(=O)O)c(=O)c(C(=O)NCc2ccc(F)cc2)c1. The summed E-state index contributed by atoms with van der Waals surface area (Å²) in [5.74, 6) is -2.44. The quantitative estimate of drug-likeness (QED) is 0.841. The number of pyridine rings is 1. The van der Waals surface area contributed by atoms with Gasteiger partial charge in [0.05, 0.1) is 0 Å². The van der Waals surface area contributed by atoms with Crippen LogP contribution in [0.5, 0.6) is 0 Å². The highest BCUT2D eigenvalue weighted by atomic mass is 19.1. The van der Waals surface area contributed by atoms with Crippen LogP contribution >= 0.6 is 0 Å². The van der Waals surface area contributed by atoms with E-state index in [0.717, 1.165) is 0 Å². The van der Waals surface area contributed by atoms with Gasteiger partial charge >= 0.3 is 5.97 Å². The van der Waals surface area contributed by atoms with Crippen molar-refractivity contribution in [3.8, 4) is 0 Å². The number of carbonyl (C=O) groups is 2. The van der Waals surface area contributed by atoms with Gasteiger partial charge in [0.25, 0.3) is 5.91 Å². The van der Waals surface area contributed by atoms with Gasteiger partial charge in [0.15, 0.2) is 0 Å². The Balaban J connectivity index is 2.31. The summed E-state index contributed by atoms with van der Waals surface area (Å²) in [6.45, 7) is 3.87. The third kappa shape index (κ3) is 4.32. The van der Waals surface area contributed by atoms with Gasteiger partial charge in [-0.25, -0.2) is 9.18 Å². The summed E-state index contributed by atoms with van der Waals surface area (Å²) < 4.78 is 14.4. The standard InChI is InChI=1S/C18H19FN2O4/c1-3-11(2)21-9-14(16(22)15(10-21)18(24)25)17(23)20-8-12-4-6-13(19)7-5-12/h4-7,9-11H,3,8H2,1-2H3,(H,20,23)(H,24,25). The molecule has 1 amide bonds. The van der Waals surface area contributed by atoms with Gasteiger partial charge in [0.2, 0.25) is 5.43 Å². The number of carbonyl (C=O) groups excluding carboxylic acids is 1. The summed E-state index contributed by atoms with van der Waals surface area (Å²) in [4.78, 5) is 35.9. The molecule has 0 saturated carbocycles. The second kappa shape index (κ2) is 7.74. The van der Waals surface area contributed by atoms with Crippen molar-refractivity contribution in [1.29, 1.82) is 0 Å². The summed E-state index contributed by atoms with van der Waals surface area (Å²) in [6, 6.07) is 5.49. The smallest absolute Gasteiger partial charge is 0.341 e. The highest BCUT2D eigenvalue weighted by Crippen LogP contribution is 2.11. The Labute approximate surface area is 143 Å². The average molecular weight is 346 g/mol. The molecule has 0 saturated heterocycles. The number of benzene rings is 1. The molecule has 2 rings (SSSR count). The zero-order valence-electron chi connectivity index (χ0n) is 14.0. The molecule has 2 N–H and O–H groups in total. The molecule has 0 bridgehead atoms. The van der Waals surface area contributed by atoms with Gasteiger partial charge in [-0.15, -0.1) is 0 Å². The summed E-state index contributed by atoms with van der Waals surface area (Å²) in [6.07, 6.45) is 3.32. The Morgan fingerprint density at radius 1 is 1.20 bits per heavy atom. The third-order valence-electron chi connectivity index (χ3n) is 3.99. The van der Waals surface area contributed by atoms with Gasteiger partial charge < -0.3 is 15.0 Å². The van der Waals surface area contributed by atoms with Crippen molar-refractivity contribution < 1.29 is 19.1 Å². The topological polar surface area (TPSA) is 88.4 Å². The number of carboxylic acid groups (broad SMARTS) is 1. The van der Waals surface area contributed by atoms with Crippen molar-refractivity contribution in [3.63, 3.8) is 0 Å². The molecule has 1 aromatic heterocycles. The number of hydrogen-bond donors (Lipinski definition) is 2. The van der Waals surface area contributed by atoms with Crippen molar-refractivity contribution in [2.75, 3.05) is 0 Å². The van der Waals surface area contributed by atoms with Gasteiger partial charge in [0.1, 0.15) is 16.9 Å². The van der Waals surface area contributed by atoms with E-state index in [1.807, 2.05) is 13.8 Å². The van der Waals surface area contributed by atoms with Gasteiger partial charge in [-0.3, -0.25) is 9.59 Å². The van der Waals surface area contributed by atoms with E-state index in [1.54, 1.807) is 4.57 Å². The number of nitrogens with one attached hydrogen (secondary N) is 1. The zero-order valence-corrected chi connectivity index (χ0v) is 14.0. The molecule has 7 heteroatoms. The van der Waals surface area contributed by atoms with Crippen molar-refractivity contribution in [2.45, 2.75) is 32.9 Å². The summed E-state index contributed by atoms with van der Waals surface area (Å²) >= 11 is 0. The highest BCUT2D eigenvalue weighted by molar-refractivity contribution is 5.96. The zero-order chi connectivity index (χ0) is 18.6. The fourth-order valence-corrected chi connectivity index (χ4v) is 2.26. The molecule has 0 radical (unpaired) electrons. The number of aromatic nitrogens is 1. The minimum atomic E-state index is -1.38. The van der Waals surface area contributed by atoms with Crippen LogP contribution in [-0.4, -0.2) is 21.6 Å². The number of carboxylic acids is 1. The molecule has 0 aliphatic carbocycles. The molecule has 0 fully saturated rings. The molecule has 0 spiro atoms. The fraction of sp³-hybridized carbons (Fsp3) is 0.278. The number of amides is 1. The predicted molar refractivity (Wildman–Crippen MR) is 90.2 cm³/mol. The van der Waals surface area contributed by atoms with E-state index in [0.29, 0.717) is 12.0 Å². The fourth-order valence-electron chi connectivity index (χ4n) is 2.26. The number of aromatic carboxylic acids is 1. The lowest BCUT2D eigenvalue weighted by molar-refractivity contribution is 0.0694. The molecule has 1 unspecified atom stereocenters. The number of hydrogen-bond acceptors (Lipinski definition) is 3. The van der Waals surface area contributed by atoms with Crippen LogP contribution in [0.15, 0.2) is 41.5 Å².